The van der Waals surface area contributed by atoms with Crippen LogP contribution < -0.4 is 11.1 Å². The van der Waals surface area contributed by atoms with Crippen molar-refractivity contribution < 1.29 is 4.92 Å². The molecule has 20 heavy (non-hydrogen) atoms. The molecule has 0 saturated heterocycles. The van der Waals surface area contributed by atoms with Gasteiger partial charge < -0.3 is 11.1 Å². The smallest absolute Gasteiger partial charge is 0.332 e. The van der Waals surface area contributed by atoms with Crippen LogP contribution in [0.1, 0.15) is 38.8 Å². The number of nitrogen functional groups attached to an aromatic ring is 1. The topological polar surface area (TPSA) is 107 Å². The van der Waals surface area contributed by atoms with E-state index in [9.17, 15) is 10.1 Å². The largest absolute Gasteiger partial charge is 0.368 e. The van der Waals surface area contributed by atoms with Crippen molar-refractivity contribution in [3.8, 4) is 0 Å². The molecule has 1 heterocycles. The monoisotopic (exact) mass is 279 g/mol. The zero-order valence-electron chi connectivity index (χ0n) is 12.1. The number of anilines is 2. The molecule has 0 aromatic carbocycles. The lowest BCUT2D eigenvalue weighted by Crippen LogP contribution is -2.26. The molecule has 1 saturated carbocycles. The third-order valence-corrected chi connectivity index (χ3v) is 4.33. The minimum absolute atomic E-state index is 0.0632. The number of hydrogen-bond acceptors (Lipinski definition) is 6. The first kappa shape index (κ1) is 14.5. The summed E-state index contributed by atoms with van der Waals surface area (Å²) in [6, 6.07) is 0.201. The summed E-state index contributed by atoms with van der Waals surface area (Å²) in [6.07, 6.45) is 3.27. The molecule has 3 unspecified atom stereocenters. The van der Waals surface area contributed by atoms with Gasteiger partial charge in [-0.3, -0.25) is 10.1 Å². The van der Waals surface area contributed by atoms with Gasteiger partial charge in [0.25, 0.3) is 0 Å². The standard InChI is InChI=1S/C13H21N5O2/c1-4-9-5-6-10(7(9)2)16-12-11(18(19)20)8(3)15-13(14)17-12/h7,9-10H,4-6H2,1-3H3,(H3,14,15,16,17). The van der Waals surface area contributed by atoms with E-state index < -0.39 is 4.92 Å². The summed E-state index contributed by atoms with van der Waals surface area (Å²) in [5, 5.41) is 14.4. The van der Waals surface area contributed by atoms with Crippen LogP contribution in [0.5, 0.6) is 0 Å². The van der Waals surface area contributed by atoms with Crippen LogP contribution in [0, 0.1) is 28.9 Å². The third kappa shape index (κ3) is 2.66. The number of aryl methyl sites for hydroxylation is 1. The number of aromatic nitrogens is 2. The number of hydrogen-bond donors (Lipinski definition) is 2. The van der Waals surface area contributed by atoms with Crippen molar-refractivity contribution in [2.45, 2.75) is 46.1 Å². The van der Waals surface area contributed by atoms with Gasteiger partial charge >= 0.3 is 5.69 Å². The molecular weight excluding hydrogens is 258 g/mol. The van der Waals surface area contributed by atoms with Gasteiger partial charge in [-0.2, -0.15) is 4.98 Å². The van der Waals surface area contributed by atoms with Crippen molar-refractivity contribution >= 4 is 17.5 Å². The summed E-state index contributed by atoms with van der Waals surface area (Å²) in [5.74, 6) is 1.44. The van der Waals surface area contributed by atoms with E-state index in [0.717, 1.165) is 19.3 Å². The zero-order valence-corrected chi connectivity index (χ0v) is 12.1. The molecule has 0 aliphatic heterocycles. The Morgan fingerprint density at radius 3 is 2.70 bits per heavy atom. The minimum Gasteiger partial charge on any atom is -0.368 e. The maximum atomic E-state index is 11.2. The Balaban J connectivity index is 2.27. The van der Waals surface area contributed by atoms with Crippen LogP contribution in [0.4, 0.5) is 17.5 Å². The molecular formula is C13H21N5O2. The molecule has 0 bridgehead atoms. The van der Waals surface area contributed by atoms with E-state index in [-0.39, 0.29) is 23.5 Å². The molecule has 110 valence electrons. The number of rotatable bonds is 4. The fourth-order valence-corrected chi connectivity index (χ4v) is 3.11. The average Bonchev–Trinajstić information content (AvgIpc) is 2.69. The van der Waals surface area contributed by atoms with Gasteiger partial charge in [-0.05, 0) is 31.6 Å². The van der Waals surface area contributed by atoms with E-state index in [4.69, 9.17) is 5.73 Å². The summed E-state index contributed by atoms with van der Waals surface area (Å²) < 4.78 is 0. The molecule has 2 rings (SSSR count). The van der Waals surface area contributed by atoms with Crippen LogP contribution in [0.25, 0.3) is 0 Å². The summed E-state index contributed by atoms with van der Waals surface area (Å²) in [4.78, 5) is 18.6. The highest BCUT2D eigenvalue weighted by Crippen LogP contribution is 2.37. The van der Waals surface area contributed by atoms with Crippen molar-refractivity contribution in [1.29, 1.82) is 0 Å². The molecule has 7 nitrogen and oxygen atoms in total. The predicted molar refractivity (Wildman–Crippen MR) is 77.4 cm³/mol. The molecule has 3 N–H and O–H groups in total. The van der Waals surface area contributed by atoms with Gasteiger partial charge in [0, 0.05) is 6.04 Å². The van der Waals surface area contributed by atoms with Crippen molar-refractivity contribution in [3.05, 3.63) is 15.8 Å². The van der Waals surface area contributed by atoms with E-state index in [1.54, 1.807) is 6.92 Å². The van der Waals surface area contributed by atoms with E-state index in [0.29, 0.717) is 17.5 Å². The quantitative estimate of drug-likeness (QED) is 0.647. The lowest BCUT2D eigenvalue weighted by Gasteiger charge is -2.21. The molecule has 1 aromatic rings. The summed E-state index contributed by atoms with van der Waals surface area (Å²) >= 11 is 0. The Kier molecular flexibility index (Phi) is 4.06. The maximum absolute atomic E-state index is 11.2. The molecule has 0 radical (unpaired) electrons. The molecule has 0 spiro atoms. The molecule has 1 aliphatic rings. The number of nitrogens with zero attached hydrogens (tertiary/aromatic N) is 3. The van der Waals surface area contributed by atoms with Crippen LogP contribution >= 0.6 is 0 Å². The number of nitrogens with one attached hydrogen (secondary N) is 1. The minimum atomic E-state index is -0.450. The van der Waals surface area contributed by atoms with Crippen molar-refractivity contribution in [2.24, 2.45) is 11.8 Å². The average molecular weight is 279 g/mol. The van der Waals surface area contributed by atoms with Crippen molar-refractivity contribution in [1.82, 2.24) is 9.97 Å². The fraction of sp³-hybridized carbons (Fsp3) is 0.692. The molecule has 7 heteroatoms. The lowest BCUT2D eigenvalue weighted by molar-refractivity contribution is -0.385. The van der Waals surface area contributed by atoms with E-state index >= 15 is 0 Å². The van der Waals surface area contributed by atoms with E-state index in [1.807, 2.05) is 0 Å². The van der Waals surface area contributed by atoms with E-state index in [1.165, 1.54) is 0 Å². The lowest BCUT2D eigenvalue weighted by atomic mass is 9.93. The molecule has 3 atom stereocenters. The zero-order chi connectivity index (χ0) is 14.9. The summed E-state index contributed by atoms with van der Waals surface area (Å²) in [5.41, 5.74) is 5.82. The second kappa shape index (κ2) is 5.60. The second-order valence-electron chi connectivity index (χ2n) is 5.48. The Morgan fingerprint density at radius 2 is 2.15 bits per heavy atom. The van der Waals surface area contributed by atoms with Crippen LogP contribution in [-0.4, -0.2) is 20.9 Å². The van der Waals surface area contributed by atoms with Gasteiger partial charge in [0.2, 0.25) is 11.8 Å². The summed E-state index contributed by atoms with van der Waals surface area (Å²) in [6.45, 7) is 5.94. The highest BCUT2D eigenvalue weighted by atomic mass is 16.6. The van der Waals surface area contributed by atoms with Crippen LogP contribution in [-0.2, 0) is 0 Å². The predicted octanol–water partition coefficient (Wildman–Crippen LogP) is 2.51. The fourth-order valence-electron chi connectivity index (χ4n) is 3.11. The number of nitro groups is 1. The highest BCUT2D eigenvalue weighted by Gasteiger charge is 2.33. The molecule has 1 aliphatic carbocycles. The highest BCUT2D eigenvalue weighted by molar-refractivity contribution is 5.60. The first-order valence-electron chi connectivity index (χ1n) is 6.99. The number of nitrogens with two attached hydrogens (primary N) is 1. The summed E-state index contributed by atoms with van der Waals surface area (Å²) in [7, 11) is 0. The maximum Gasteiger partial charge on any atom is 0.332 e. The third-order valence-electron chi connectivity index (χ3n) is 4.33. The van der Waals surface area contributed by atoms with Gasteiger partial charge in [0.15, 0.2) is 0 Å². The van der Waals surface area contributed by atoms with Gasteiger partial charge in [-0.25, -0.2) is 4.98 Å². The van der Waals surface area contributed by atoms with E-state index in [2.05, 4.69) is 29.1 Å². The molecule has 1 fully saturated rings. The Labute approximate surface area is 118 Å². The second-order valence-corrected chi connectivity index (χ2v) is 5.48. The van der Waals surface area contributed by atoms with Crippen LogP contribution in [0.2, 0.25) is 0 Å². The van der Waals surface area contributed by atoms with Gasteiger partial charge in [0.1, 0.15) is 5.69 Å². The molecule has 0 amide bonds. The SMILES string of the molecule is CCC1CCC(Nc2nc(N)nc(C)c2[N+](=O)[O-])C1C. The van der Waals surface area contributed by atoms with Gasteiger partial charge in [0.05, 0.1) is 4.92 Å². The Bertz CT molecular complexity index is 520. The Hall–Kier alpha value is -1.92. The van der Waals surface area contributed by atoms with Crippen LogP contribution in [0.3, 0.4) is 0 Å². The van der Waals surface area contributed by atoms with Crippen LogP contribution in [0.15, 0.2) is 0 Å². The van der Waals surface area contributed by atoms with Gasteiger partial charge in [-0.15, -0.1) is 0 Å². The normalized spacial score (nSPS) is 25.6. The first-order valence-corrected chi connectivity index (χ1v) is 6.99. The Morgan fingerprint density at radius 1 is 1.45 bits per heavy atom. The molecule has 1 aromatic heterocycles. The van der Waals surface area contributed by atoms with Gasteiger partial charge in [-0.1, -0.05) is 20.3 Å². The van der Waals surface area contributed by atoms with Crippen molar-refractivity contribution in [3.63, 3.8) is 0 Å². The van der Waals surface area contributed by atoms with Crippen molar-refractivity contribution in [2.75, 3.05) is 11.1 Å². The first-order chi connectivity index (χ1) is 9.43.